The predicted molar refractivity (Wildman–Crippen MR) is 60.0 cm³/mol. The van der Waals surface area contributed by atoms with E-state index in [2.05, 4.69) is 16.8 Å². The van der Waals surface area contributed by atoms with Gasteiger partial charge in [0.1, 0.15) is 0 Å². The summed E-state index contributed by atoms with van der Waals surface area (Å²) in [6, 6.07) is 0.669. The summed E-state index contributed by atoms with van der Waals surface area (Å²) in [5.41, 5.74) is 0. The molecule has 2 heterocycles. The third kappa shape index (κ3) is 2.92. The van der Waals surface area contributed by atoms with Gasteiger partial charge in [0.25, 0.3) is 0 Å². The lowest BCUT2D eigenvalue weighted by atomic mass is 10.1. The van der Waals surface area contributed by atoms with Crippen molar-refractivity contribution in [2.45, 2.75) is 19.9 Å². The first-order valence-electron chi connectivity index (χ1n) is 5.68. The van der Waals surface area contributed by atoms with Gasteiger partial charge in [0.15, 0.2) is 0 Å². The van der Waals surface area contributed by atoms with Crippen LogP contribution in [0, 0.1) is 0 Å². The van der Waals surface area contributed by atoms with Crippen molar-refractivity contribution in [3.63, 3.8) is 0 Å². The highest BCUT2D eigenvalue weighted by atomic mass is 15.5. The number of nitrogens with two attached hydrogens (primary N) is 1. The number of piperazine rings is 2. The smallest absolute Gasteiger partial charge is 0.0365 e. The Bertz CT molecular complexity index is 146. The van der Waals surface area contributed by atoms with Gasteiger partial charge in [0.2, 0.25) is 0 Å². The Morgan fingerprint density at radius 2 is 1.64 bits per heavy atom. The summed E-state index contributed by atoms with van der Waals surface area (Å²) >= 11 is 0. The van der Waals surface area contributed by atoms with Crippen molar-refractivity contribution in [3.05, 3.63) is 0 Å². The number of rotatable bonds is 0. The molecule has 2 fully saturated rings. The molecule has 0 aromatic heterocycles. The standard InChI is InChI=1S/C8H18N4.C2H6/c1-10-2-3-11-4-5-12(9)7-8(11)6-10;1-2/h8H,2-7,9H2,1H3;1-2H3. The topological polar surface area (TPSA) is 35.7 Å². The molecule has 0 saturated carbocycles. The number of nitrogens with zero attached hydrogens (tertiary/aromatic N) is 3. The molecule has 0 aliphatic carbocycles. The van der Waals surface area contributed by atoms with Crippen molar-refractivity contribution in [1.82, 2.24) is 14.8 Å². The lowest BCUT2D eigenvalue weighted by Crippen LogP contribution is -2.62. The van der Waals surface area contributed by atoms with E-state index in [0.717, 1.165) is 19.6 Å². The monoisotopic (exact) mass is 200 g/mol. The Balaban J connectivity index is 0.000000461. The maximum atomic E-state index is 5.78. The zero-order valence-electron chi connectivity index (χ0n) is 9.74. The van der Waals surface area contributed by atoms with Crippen LogP contribution in [0.4, 0.5) is 0 Å². The molecule has 1 unspecified atom stereocenters. The molecular weight excluding hydrogens is 176 g/mol. The van der Waals surface area contributed by atoms with Gasteiger partial charge in [-0.3, -0.25) is 10.7 Å². The Morgan fingerprint density at radius 3 is 2.36 bits per heavy atom. The van der Waals surface area contributed by atoms with E-state index in [9.17, 15) is 0 Å². The van der Waals surface area contributed by atoms with Crippen LogP contribution in [0.15, 0.2) is 0 Å². The highest BCUT2D eigenvalue weighted by Crippen LogP contribution is 2.12. The van der Waals surface area contributed by atoms with Crippen molar-refractivity contribution in [2.75, 3.05) is 46.3 Å². The molecule has 4 heteroatoms. The molecule has 14 heavy (non-hydrogen) atoms. The summed E-state index contributed by atoms with van der Waals surface area (Å²) in [6.07, 6.45) is 0. The highest BCUT2D eigenvalue weighted by Gasteiger charge is 2.29. The molecule has 0 aromatic carbocycles. The van der Waals surface area contributed by atoms with Gasteiger partial charge in [-0.05, 0) is 7.05 Å². The Morgan fingerprint density at radius 1 is 1.00 bits per heavy atom. The molecule has 4 nitrogen and oxygen atoms in total. The molecule has 0 aromatic rings. The maximum Gasteiger partial charge on any atom is 0.0365 e. The Hall–Kier alpha value is -0.160. The Kier molecular flexibility index (Phi) is 4.81. The number of fused-ring (bicyclic) bond motifs is 1. The average molecular weight is 200 g/mol. The third-order valence-corrected chi connectivity index (χ3v) is 2.93. The van der Waals surface area contributed by atoms with Crippen molar-refractivity contribution < 1.29 is 0 Å². The van der Waals surface area contributed by atoms with E-state index in [4.69, 9.17) is 5.84 Å². The molecule has 2 saturated heterocycles. The summed E-state index contributed by atoms with van der Waals surface area (Å²) in [5.74, 6) is 5.78. The highest BCUT2D eigenvalue weighted by molar-refractivity contribution is 4.86. The lowest BCUT2D eigenvalue weighted by molar-refractivity contribution is 0.0202. The van der Waals surface area contributed by atoms with E-state index in [1.807, 2.05) is 18.9 Å². The number of hydrazine groups is 1. The molecule has 1 atom stereocenters. The van der Waals surface area contributed by atoms with Crippen LogP contribution < -0.4 is 5.84 Å². The molecule has 0 radical (unpaired) electrons. The van der Waals surface area contributed by atoms with Gasteiger partial charge in [-0.2, -0.15) is 0 Å². The molecule has 0 amide bonds. The first kappa shape index (κ1) is 11.9. The zero-order chi connectivity index (χ0) is 10.6. The molecule has 2 aliphatic heterocycles. The number of hydrogen-bond donors (Lipinski definition) is 1. The average Bonchev–Trinajstić information content (AvgIpc) is 2.20. The summed E-state index contributed by atoms with van der Waals surface area (Å²) < 4.78 is 0. The van der Waals surface area contributed by atoms with Crippen molar-refractivity contribution >= 4 is 0 Å². The van der Waals surface area contributed by atoms with Crippen molar-refractivity contribution in [3.8, 4) is 0 Å². The van der Waals surface area contributed by atoms with E-state index >= 15 is 0 Å². The minimum atomic E-state index is 0.669. The molecular formula is C10H24N4. The lowest BCUT2D eigenvalue weighted by Gasteiger charge is -2.45. The quantitative estimate of drug-likeness (QED) is 0.550. The number of hydrogen-bond acceptors (Lipinski definition) is 4. The second-order valence-corrected chi connectivity index (χ2v) is 3.95. The predicted octanol–water partition coefficient (Wildman–Crippen LogP) is -0.182. The first-order valence-corrected chi connectivity index (χ1v) is 5.68. The molecule has 2 aliphatic rings. The van der Waals surface area contributed by atoms with Gasteiger partial charge < -0.3 is 4.90 Å². The molecule has 2 N–H and O–H groups in total. The van der Waals surface area contributed by atoms with Crippen LogP contribution in [0.25, 0.3) is 0 Å². The van der Waals surface area contributed by atoms with Crippen LogP contribution in [0.5, 0.6) is 0 Å². The van der Waals surface area contributed by atoms with Gasteiger partial charge in [0, 0.05) is 45.3 Å². The summed E-state index contributed by atoms with van der Waals surface area (Å²) in [6.45, 7) is 10.8. The number of likely N-dealkylation sites (N-methyl/N-ethyl adjacent to an activating group) is 1. The van der Waals surface area contributed by atoms with Gasteiger partial charge in [-0.1, -0.05) is 13.8 Å². The fourth-order valence-electron chi connectivity index (χ4n) is 2.13. The second-order valence-electron chi connectivity index (χ2n) is 3.95. The van der Waals surface area contributed by atoms with Gasteiger partial charge in [-0.15, -0.1) is 0 Å². The Labute approximate surface area is 87.6 Å². The van der Waals surface area contributed by atoms with Crippen LogP contribution >= 0.6 is 0 Å². The van der Waals surface area contributed by atoms with Crippen LogP contribution in [0.1, 0.15) is 13.8 Å². The molecule has 0 bridgehead atoms. The van der Waals surface area contributed by atoms with Crippen LogP contribution in [0.2, 0.25) is 0 Å². The SMILES string of the molecule is CC.CN1CCN2CCN(N)CC2C1. The molecule has 84 valence electrons. The normalized spacial score (nSPS) is 30.4. The summed E-state index contributed by atoms with van der Waals surface area (Å²) in [7, 11) is 2.19. The van der Waals surface area contributed by atoms with E-state index in [0.29, 0.717) is 6.04 Å². The van der Waals surface area contributed by atoms with Gasteiger partial charge in [-0.25, -0.2) is 5.01 Å². The van der Waals surface area contributed by atoms with Crippen molar-refractivity contribution in [2.24, 2.45) is 5.84 Å². The molecule has 0 spiro atoms. The zero-order valence-corrected chi connectivity index (χ0v) is 9.74. The van der Waals surface area contributed by atoms with E-state index in [-0.39, 0.29) is 0 Å². The summed E-state index contributed by atoms with van der Waals surface area (Å²) in [5, 5.41) is 1.94. The fraction of sp³-hybridized carbons (Fsp3) is 1.00. The molecule has 2 rings (SSSR count). The largest absolute Gasteiger partial charge is 0.303 e. The van der Waals surface area contributed by atoms with Crippen LogP contribution in [-0.2, 0) is 0 Å². The van der Waals surface area contributed by atoms with Gasteiger partial charge in [0.05, 0.1) is 0 Å². The van der Waals surface area contributed by atoms with Gasteiger partial charge >= 0.3 is 0 Å². The second kappa shape index (κ2) is 5.66. The van der Waals surface area contributed by atoms with Crippen molar-refractivity contribution in [1.29, 1.82) is 0 Å². The first-order chi connectivity index (χ1) is 6.75. The summed E-state index contributed by atoms with van der Waals surface area (Å²) in [4.78, 5) is 4.95. The van der Waals surface area contributed by atoms with E-state index in [1.165, 1.54) is 19.6 Å². The minimum Gasteiger partial charge on any atom is -0.303 e. The van der Waals surface area contributed by atoms with E-state index in [1.54, 1.807) is 0 Å². The van der Waals surface area contributed by atoms with Crippen LogP contribution in [-0.4, -0.2) is 67.2 Å². The van der Waals surface area contributed by atoms with Crippen LogP contribution in [0.3, 0.4) is 0 Å². The maximum absolute atomic E-state index is 5.78. The fourth-order valence-corrected chi connectivity index (χ4v) is 2.13. The van der Waals surface area contributed by atoms with E-state index < -0.39 is 0 Å². The minimum absolute atomic E-state index is 0.669. The third-order valence-electron chi connectivity index (χ3n) is 2.93.